The van der Waals surface area contributed by atoms with Gasteiger partial charge in [-0.1, -0.05) is 16.8 Å². The molecule has 3 aromatic rings. The quantitative estimate of drug-likeness (QED) is 0.442. The first-order chi connectivity index (χ1) is 15.7. The van der Waals surface area contributed by atoms with Gasteiger partial charge in [-0.15, -0.1) is 5.10 Å². The van der Waals surface area contributed by atoms with Gasteiger partial charge < -0.3 is 20.1 Å². The maximum Gasteiger partial charge on any atom is 0.194 e. The SMILES string of the molecule is O=S(c1cncc(Cl)c1)[C@H]1O[C@H](CO)[C@H](O)[C@H](n2cc(-c3cc(F)c(F)c(F)c3)nn2)[C@H]1O. The minimum Gasteiger partial charge on any atom is -0.394 e. The van der Waals surface area contributed by atoms with Crippen LogP contribution in [0.4, 0.5) is 13.2 Å². The second-order valence-corrected chi connectivity index (χ2v) is 9.14. The molecule has 0 radical (unpaired) electrons. The number of ether oxygens (including phenoxy) is 1. The van der Waals surface area contributed by atoms with E-state index in [0.717, 1.165) is 10.9 Å². The number of halogens is 4. The van der Waals surface area contributed by atoms with Crippen molar-refractivity contribution < 1.29 is 37.4 Å². The normalized spacial score (nSPS) is 26.3. The van der Waals surface area contributed by atoms with E-state index < -0.39 is 64.6 Å². The van der Waals surface area contributed by atoms with Crippen molar-refractivity contribution in [2.45, 2.75) is 34.7 Å². The highest BCUT2D eigenvalue weighted by molar-refractivity contribution is 7.85. The molecule has 2 aromatic heterocycles. The zero-order valence-corrected chi connectivity index (χ0v) is 18.0. The summed E-state index contributed by atoms with van der Waals surface area (Å²) in [6.45, 7) is -0.679. The van der Waals surface area contributed by atoms with Crippen LogP contribution in [-0.4, -0.2) is 69.9 Å². The lowest BCUT2D eigenvalue weighted by Crippen LogP contribution is -2.57. The number of rotatable bonds is 5. The Morgan fingerprint density at radius 2 is 1.82 bits per heavy atom. The lowest BCUT2D eigenvalue weighted by molar-refractivity contribution is -0.179. The first-order valence-corrected chi connectivity index (χ1v) is 11.0. The van der Waals surface area contributed by atoms with Crippen molar-refractivity contribution in [1.29, 1.82) is 0 Å². The Bertz CT molecular complexity index is 1180. The average Bonchev–Trinajstić information content (AvgIpc) is 3.27. The number of aliphatic hydroxyl groups is 3. The molecule has 33 heavy (non-hydrogen) atoms. The summed E-state index contributed by atoms with van der Waals surface area (Å²) >= 11 is 5.88. The molecule has 0 bridgehead atoms. The molecule has 14 heteroatoms. The third-order valence-corrected chi connectivity index (χ3v) is 6.77. The van der Waals surface area contributed by atoms with Crippen LogP contribution >= 0.6 is 11.6 Å². The number of benzene rings is 1. The van der Waals surface area contributed by atoms with Crippen LogP contribution < -0.4 is 0 Å². The largest absolute Gasteiger partial charge is 0.394 e. The highest BCUT2D eigenvalue weighted by Crippen LogP contribution is 2.34. The minimum absolute atomic E-state index is 0.0871. The van der Waals surface area contributed by atoms with Crippen molar-refractivity contribution in [2.75, 3.05) is 6.61 Å². The molecule has 3 heterocycles. The Hall–Kier alpha value is -2.42. The molecule has 1 fully saturated rings. The Morgan fingerprint density at radius 1 is 1.12 bits per heavy atom. The number of hydrogen-bond acceptors (Lipinski definition) is 8. The lowest BCUT2D eigenvalue weighted by atomic mass is 9.97. The summed E-state index contributed by atoms with van der Waals surface area (Å²) in [5.74, 6) is -4.51. The average molecular weight is 505 g/mol. The number of hydrogen-bond donors (Lipinski definition) is 3. The van der Waals surface area contributed by atoms with Crippen molar-refractivity contribution in [3.8, 4) is 11.3 Å². The van der Waals surface area contributed by atoms with Crippen LogP contribution in [0, 0.1) is 17.5 Å². The van der Waals surface area contributed by atoms with Crippen LogP contribution in [0.1, 0.15) is 6.04 Å². The molecule has 1 saturated heterocycles. The van der Waals surface area contributed by atoms with Crippen LogP contribution in [0.3, 0.4) is 0 Å². The van der Waals surface area contributed by atoms with E-state index in [1.807, 2.05) is 0 Å². The molecular weight excluding hydrogens is 489 g/mol. The molecule has 0 saturated carbocycles. The molecule has 6 atom stereocenters. The summed E-state index contributed by atoms with van der Waals surface area (Å²) < 4.78 is 60.0. The van der Waals surface area contributed by atoms with Crippen molar-refractivity contribution in [1.82, 2.24) is 20.0 Å². The van der Waals surface area contributed by atoms with Gasteiger partial charge in [0.15, 0.2) is 22.9 Å². The van der Waals surface area contributed by atoms with E-state index in [2.05, 4.69) is 15.3 Å². The molecule has 1 aliphatic heterocycles. The van der Waals surface area contributed by atoms with Crippen LogP contribution in [0.2, 0.25) is 5.02 Å². The van der Waals surface area contributed by atoms with Gasteiger partial charge in [-0.2, -0.15) is 0 Å². The maximum absolute atomic E-state index is 13.6. The van der Waals surface area contributed by atoms with Crippen molar-refractivity contribution in [3.63, 3.8) is 0 Å². The third-order valence-electron chi connectivity index (χ3n) is 5.07. The van der Waals surface area contributed by atoms with Gasteiger partial charge in [0.25, 0.3) is 0 Å². The van der Waals surface area contributed by atoms with Crippen molar-refractivity contribution in [3.05, 3.63) is 59.3 Å². The smallest absolute Gasteiger partial charge is 0.194 e. The predicted molar refractivity (Wildman–Crippen MR) is 108 cm³/mol. The van der Waals surface area contributed by atoms with Crippen LogP contribution in [0.15, 0.2) is 41.7 Å². The fourth-order valence-electron chi connectivity index (χ4n) is 3.45. The third kappa shape index (κ3) is 4.52. The van der Waals surface area contributed by atoms with E-state index >= 15 is 0 Å². The second-order valence-electron chi connectivity index (χ2n) is 7.17. The maximum atomic E-state index is 13.6. The van der Waals surface area contributed by atoms with Gasteiger partial charge in [-0.05, 0) is 18.2 Å². The van der Waals surface area contributed by atoms with Crippen molar-refractivity contribution in [2.24, 2.45) is 0 Å². The van der Waals surface area contributed by atoms with Gasteiger partial charge in [-0.3, -0.25) is 9.19 Å². The Balaban J connectivity index is 1.68. The van der Waals surface area contributed by atoms with Gasteiger partial charge in [0.2, 0.25) is 0 Å². The zero-order chi connectivity index (χ0) is 23.9. The van der Waals surface area contributed by atoms with E-state index in [1.54, 1.807) is 0 Å². The molecule has 1 aromatic carbocycles. The zero-order valence-electron chi connectivity index (χ0n) is 16.4. The monoisotopic (exact) mass is 504 g/mol. The predicted octanol–water partition coefficient (Wildman–Crippen LogP) is 1.20. The van der Waals surface area contributed by atoms with Gasteiger partial charge in [0.1, 0.15) is 30.0 Å². The van der Waals surface area contributed by atoms with Crippen LogP contribution in [0.25, 0.3) is 11.3 Å². The second kappa shape index (κ2) is 9.44. The lowest BCUT2D eigenvalue weighted by Gasteiger charge is -2.41. The molecule has 9 nitrogen and oxygen atoms in total. The number of aliphatic hydroxyl groups excluding tert-OH is 3. The summed E-state index contributed by atoms with van der Waals surface area (Å²) in [7, 11) is -2.02. The highest BCUT2D eigenvalue weighted by Gasteiger charge is 2.48. The highest BCUT2D eigenvalue weighted by atomic mass is 35.5. The van der Waals surface area contributed by atoms with Crippen molar-refractivity contribution >= 4 is 22.4 Å². The summed E-state index contributed by atoms with van der Waals surface area (Å²) in [5.41, 5.74) is -1.65. The summed E-state index contributed by atoms with van der Waals surface area (Å²) in [6.07, 6.45) is -0.665. The Kier molecular flexibility index (Phi) is 6.79. The molecule has 0 aliphatic carbocycles. The van der Waals surface area contributed by atoms with Gasteiger partial charge in [0.05, 0.1) is 33.5 Å². The van der Waals surface area contributed by atoms with E-state index in [-0.39, 0.29) is 21.2 Å². The van der Waals surface area contributed by atoms with Gasteiger partial charge >= 0.3 is 0 Å². The minimum atomic E-state index is -2.02. The van der Waals surface area contributed by atoms with E-state index in [1.165, 1.54) is 18.5 Å². The Morgan fingerprint density at radius 3 is 2.45 bits per heavy atom. The number of pyridine rings is 1. The fourth-order valence-corrected chi connectivity index (χ4v) is 5.02. The molecule has 0 amide bonds. The standard InChI is InChI=1S/C19H16ClF3N4O5S/c20-9-3-10(5-24-4-9)33(31)19-18(30)16(17(29)14(7-28)32-19)27-6-13(25-26-27)8-1-11(21)15(23)12(22)2-8/h1-6,14,16-19,28-30H,7H2/t14-,16+,17+,18-,19-,33?/m1/s1. The molecule has 0 spiro atoms. The number of aromatic nitrogens is 4. The molecule has 3 N–H and O–H groups in total. The van der Waals surface area contributed by atoms with E-state index in [0.29, 0.717) is 12.1 Å². The van der Waals surface area contributed by atoms with Crippen LogP contribution in [0.5, 0.6) is 0 Å². The topological polar surface area (TPSA) is 131 Å². The number of nitrogens with zero attached hydrogens (tertiary/aromatic N) is 4. The van der Waals surface area contributed by atoms with Gasteiger partial charge in [-0.25, -0.2) is 17.9 Å². The van der Waals surface area contributed by atoms with Crippen LogP contribution in [-0.2, 0) is 15.5 Å². The van der Waals surface area contributed by atoms with E-state index in [4.69, 9.17) is 16.3 Å². The molecule has 176 valence electrons. The molecule has 1 unspecified atom stereocenters. The molecule has 1 aliphatic rings. The molecule has 4 rings (SSSR count). The molecular formula is C19H16ClF3N4O5S. The van der Waals surface area contributed by atoms with E-state index in [9.17, 15) is 32.7 Å². The first kappa shape index (κ1) is 23.7. The first-order valence-electron chi connectivity index (χ1n) is 9.41. The summed E-state index contributed by atoms with van der Waals surface area (Å²) in [5, 5.41) is 38.9. The summed E-state index contributed by atoms with van der Waals surface area (Å²) in [4.78, 5) is 3.97. The summed E-state index contributed by atoms with van der Waals surface area (Å²) in [6, 6.07) is 1.47. The fraction of sp³-hybridized carbons (Fsp3) is 0.316. The van der Waals surface area contributed by atoms with Gasteiger partial charge in [0, 0.05) is 18.0 Å². The Labute approximate surface area is 191 Å².